The number of aryl methyl sites for hydroxylation is 1. The third-order valence-electron chi connectivity index (χ3n) is 3.08. The summed E-state index contributed by atoms with van der Waals surface area (Å²) in [6.07, 6.45) is 0. The van der Waals surface area contributed by atoms with Gasteiger partial charge in [0.05, 0.1) is 11.6 Å². The highest BCUT2D eigenvalue weighted by Gasteiger charge is 2.28. The molecule has 1 amide bonds. The highest BCUT2D eigenvalue weighted by molar-refractivity contribution is 9.10. The molecule has 0 spiro atoms. The molecule has 1 N–H and O–H groups in total. The van der Waals surface area contributed by atoms with Crippen LogP contribution in [0.4, 0.5) is 0 Å². The molecule has 1 saturated heterocycles. The van der Waals surface area contributed by atoms with Crippen molar-refractivity contribution in [2.24, 2.45) is 0 Å². The van der Waals surface area contributed by atoms with Crippen molar-refractivity contribution in [1.82, 2.24) is 10.2 Å². The number of amides is 1. The van der Waals surface area contributed by atoms with Crippen molar-refractivity contribution >= 4 is 21.8 Å². The van der Waals surface area contributed by atoms with E-state index in [0.29, 0.717) is 18.7 Å². The zero-order chi connectivity index (χ0) is 13.1. The van der Waals surface area contributed by atoms with Gasteiger partial charge in [-0.15, -0.1) is 0 Å². The van der Waals surface area contributed by atoms with Crippen molar-refractivity contribution in [2.45, 2.75) is 13.0 Å². The minimum absolute atomic E-state index is 0.0846. The first-order valence-electron chi connectivity index (χ1n) is 5.81. The SMILES string of the molecule is Cc1cccc(C(=O)N2CCNCC2C#N)c1Br. The molecule has 1 aromatic rings. The summed E-state index contributed by atoms with van der Waals surface area (Å²) in [5.41, 5.74) is 1.64. The molecule has 1 heterocycles. The smallest absolute Gasteiger partial charge is 0.256 e. The van der Waals surface area contributed by atoms with E-state index in [-0.39, 0.29) is 5.91 Å². The number of hydrogen-bond donors (Lipinski definition) is 1. The molecule has 0 aliphatic carbocycles. The molecule has 1 fully saturated rings. The predicted octanol–water partition coefficient (Wildman–Crippen LogP) is 1.70. The fraction of sp³-hybridized carbons (Fsp3) is 0.385. The van der Waals surface area contributed by atoms with E-state index >= 15 is 0 Å². The first-order valence-corrected chi connectivity index (χ1v) is 6.61. The van der Waals surface area contributed by atoms with Crippen LogP contribution in [0.1, 0.15) is 15.9 Å². The Morgan fingerprint density at radius 3 is 3.11 bits per heavy atom. The van der Waals surface area contributed by atoms with Crippen molar-refractivity contribution in [1.29, 1.82) is 5.26 Å². The van der Waals surface area contributed by atoms with Crippen LogP contribution in [0.3, 0.4) is 0 Å². The highest BCUT2D eigenvalue weighted by Crippen LogP contribution is 2.23. The number of benzene rings is 1. The number of piperazine rings is 1. The van der Waals surface area contributed by atoms with Crippen LogP contribution in [0.5, 0.6) is 0 Å². The first kappa shape index (κ1) is 13.1. The number of nitrogens with one attached hydrogen (secondary N) is 1. The summed E-state index contributed by atoms with van der Waals surface area (Å²) in [5, 5.41) is 12.2. The molecule has 2 rings (SSSR count). The van der Waals surface area contributed by atoms with Crippen LogP contribution in [0.25, 0.3) is 0 Å². The quantitative estimate of drug-likeness (QED) is 0.859. The van der Waals surface area contributed by atoms with Crippen molar-refractivity contribution in [3.05, 3.63) is 33.8 Å². The van der Waals surface area contributed by atoms with E-state index in [1.165, 1.54) is 0 Å². The minimum Gasteiger partial charge on any atom is -0.320 e. The number of nitrogens with zero attached hydrogens (tertiary/aromatic N) is 2. The molecule has 1 aromatic carbocycles. The molecule has 0 saturated carbocycles. The third-order valence-corrected chi connectivity index (χ3v) is 4.13. The number of rotatable bonds is 1. The molecule has 1 aliphatic rings. The summed E-state index contributed by atoms with van der Waals surface area (Å²) < 4.78 is 0.810. The number of nitriles is 1. The molecule has 4 nitrogen and oxygen atoms in total. The Bertz CT molecular complexity index is 509. The Morgan fingerprint density at radius 1 is 1.61 bits per heavy atom. The second kappa shape index (κ2) is 5.51. The van der Waals surface area contributed by atoms with Crippen molar-refractivity contribution < 1.29 is 4.79 Å². The van der Waals surface area contributed by atoms with Gasteiger partial charge in [0, 0.05) is 24.1 Å². The molecule has 94 valence electrons. The van der Waals surface area contributed by atoms with Gasteiger partial charge in [0.2, 0.25) is 0 Å². The van der Waals surface area contributed by atoms with E-state index in [9.17, 15) is 4.79 Å². The van der Waals surface area contributed by atoms with Crippen LogP contribution in [0.2, 0.25) is 0 Å². The van der Waals surface area contributed by atoms with Gasteiger partial charge in [-0.1, -0.05) is 12.1 Å². The molecule has 0 radical (unpaired) electrons. The van der Waals surface area contributed by atoms with Gasteiger partial charge in [0.15, 0.2) is 0 Å². The Labute approximate surface area is 115 Å². The maximum absolute atomic E-state index is 12.5. The van der Waals surface area contributed by atoms with E-state index in [2.05, 4.69) is 27.3 Å². The van der Waals surface area contributed by atoms with Crippen LogP contribution in [-0.4, -0.2) is 36.5 Å². The number of hydrogen-bond acceptors (Lipinski definition) is 3. The molecule has 5 heteroatoms. The molecular weight excluding hydrogens is 294 g/mol. The Balaban J connectivity index is 2.30. The second-order valence-electron chi connectivity index (χ2n) is 4.28. The summed E-state index contributed by atoms with van der Waals surface area (Å²) >= 11 is 3.44. The van der Waals surface area contributed by atoms with Crippen LogP contribution in [-0.2, 0) is 0 Å². The topological polar surface area (TPSA) is 56.1 Å². The maximum atomic E-state index is 12.5. The van der Waals surface area contributed by atoms with Crippen molar-refractivity contribution in [3.8, 4) is 6.07 Å². The van der Waals surface area contributed by atoms with Gasteiger partial charge in [-0.2, -0.15) is 5.26 Å². The lowest BCUT2D eigenvalue weighted by Crippen LogP contribution is -2.53. The van der Waals surface area contributed by atoms with Gasteiger partial charge >= 0.3 is 0 Å². The fourth-order valence-corrected chi connectivity index (χ4v) is 2.46. The first-order chi connectivity index (χ1) is 8.65. The minimum atomic E-state index is -0.390. The molecule has 1 unspecified atom stereocenters. The molecule has 1 aliphatic heterocycles. The highest BCUT2D eigenvalue weighted by atomic mass is 79.9. The van der Waals surface area contributed by atoms with Crippen LogP contribution in [0, 0.1) is 18.3 Å². The summed E-state index contributed by atoms with van der Waals surface area (Å²) in [7, 11) is 0. The largest absolute Gasteiger partial charge is 0.320 e. The average Bonchev–Trinajstić information content (AvgIpc) is 2.41. The van der Waals surface area contributed by atoms with Gasteiger partial charge < -0.3 is 10.2 Å². The second-order valence-corrected chi connectivity index (χ2v) is 5.08. The predicted molar refractivity (Wildman–Crippen MR) is 72.2 cm³/mol. The van der Waals surface area contributed by atoms with E-state index < -0.39 is 6.04 Å². The standard InChI is InChI=1S/C13H14BrN3O/c1-9-3-2-4-11(12(9)14)13(18)17-6-5-16-8-10(17)7-15/h2-4,10,16H,5-6,8H2,1H3. The number of halogens is 1. The number of carbonyl (C=O) groups excluding carboxylic acids is 1. The van der Waals surface area contributed by atoms with Gasteiger partial charge in [0.1, 0.15) is 6.04 Å². The van der Waals surface area contributed by atoms with E-state index in [4.69, 9.17) is 5.26 Å². The molecular formula is C13H14BrN3O. The van der Waals surface area contributed by atoms with Gasteiger partial charge in [0.25, 0.3) is 5.91 Å². The van der Waals surface area contributed by atoms with E-state index in [1.54, 1.807) is 11.0 Å². The maximum Gasteiger partial charge on any atom is 0.256 e. The Morgan fingerprint density at radius 2 is 2.39 bits per heavy atom. The van der Waals surface area contributed by atoms with Gasteiger partial charge in [-0.25, -0.2) is 0 Å². The summed E-state index contributed by atoms with van der Waals surface area (Å²) in [6, 6.07) is 7.37. The fourth-order valence-electron chi connectivity index (χ4n) is 2.03. The monoisotopic (exact) mass is 307 g/mol. The Hall–Kier alpha value is -1.38. The van der Waals surface area contributed by atoms with Crippen LogP contribution in [0.15, 0.2) is 22.7 Å². The summed E-state index contributed by atoms with van der Waals surface area (Å²) in [4.78, 5) is 14.1. The summed E-state index contributed by atoms with van der Waals surface area (Å²) in [5.74, 6) is -0.0846. The summed E-state index contributed by atoms with van der Waals surface area (Å²) in [6.45, 7) is 3.77. The van der Waals surface area contributed by atoms with Crippen LogP contribution >= 0.6 is 15.9 Å². The van der Waals surface area contributed by atoms with E-state index in [0.717, 1.165) is 16.6 Å². The van der Waals surface area contributed by atoms with Crippen LogP contribution < -0.4 is 5.32 Å². The molecule has 18 heavy (non-hydrogen) atoms. The van der Waals surface area contributed by atoms with E-state index in [1.807, 2.05) is 19.1 Å². The van der Waals surface area contributed by atoms with Crippen molar-refractivity contribution in [2.75, 3.05) is 19.6 Å². The lowest BCUT2D eigenvalue weighted by molar-refractivity contribution is 0.0686. The average molecular weight is 308 g/mol. The van der Waals surface area contributed by atoms with Gasteiger partial charge in [-0.3, -0.25) is 4.79 Å². The molecule has 0 aromatic heterocycles. The van der Waals surface area contributed by atoms with Crippen molar-refractivity contribution in [3.63, 3.8) is 0 Å². The Kier molecular flexibility index (Phi) is 4.00. The number of carbonyl (C=O) groups is 1. The lowest BCUT2D eigenvalue weighted by Gasteiger charge is -2.32. The zero-order valence-electron chi connectivity index (χ0n) is 10.1. The molecule has 1 atom stereocenters. The normalized spacial score (nSPS) is 19.4. The lowest BCUT2D eigenvalue weighted by atomic mass is 10.1. The van der Waals surface area contributed by atoms with Gasteiger partial charge in [-0.05, 0) is 34.5 Å². The molecule has 0 bridgehead atoms. The zero-order valence-corrected chi connectivity index (χ0v) is 11.7. The third kappa shape index (κ3) is 2.40.